The molecule has 0 bridgehead atoms. The van der Waals surface area contributed by atoms with Crippen LogP contribution in [0.2, 0.25) is 5.02 Å². The lowest BCUT2D eigenvalue weighted by Crippen LogP contribution is -2.28. The monoisotopic (exact) mass is 367 g/mol. The van der Waals surface area contributed by atoms with E-state index in [2.05, 4.69) is 5.32 Å². The Hall–Kier alpha value is -1.72. The Morgan fingerprint density at radius 1 is 1.29 bits per heavy atom. The van der Waals surface area contributed by atoms with Crippen molar-refractivity contribution in [1.29, 1.82) is 0 Å². The molecular weight excluding hydrogens is 349 g/mol. The van der Waals surface area contributed by atoms with Crippen LogP contribution in [0.4, 0.5) is 4.39 Å². The number of benzene rings is 2. The maximum absolute atomic E-state index is 13.7. The van der Waals surface area contributed by atoms with Gasteiger partial charge >= 0.3 is 0 Å². The molecule has 0 saturated carbocycles. The molecule has 3 nitrogen and oxygen atoms in total. The zero-order valence-electron chi connectivity index (χ0n) is 13.5. The quantitative estimate of drug-likeness (QED) is 0.777. The number of nitrogens with one attached hydrogen (secondary N) is 1. The van der Waals surface area contributed by atoms with E-state index in [4.69, 9.17) is 16.3 Å². The van der Waals surface area contributed by atoms with Gasteiger partial charge in [-0.3, -0.25) is 4.79 Å². The Kier molecular flexibility index (Phi) is 6.94. The molecule has 0 aliphatic rings. The number of rotatable bonds is 7. The van der Waals surface area contributed by atoms with Crippen molar-refractivity contribution in [1.82, 2.24) is 5.32 Å². The molecule has 0 radical (unpaired) electrons. The fourth-order valence-electron chi connectivity index (χ4n) is 2.15. The Morgan fingerprint density at radius 3 is 2.62 bits per heavy atom. The predicted octanol–water partition coefficient (Wildman–Crippen LogP) is 4.60. The second-order valence-corrected chi connectivity index (χ2v) is 6.71. The third-order valence-corrected chi connectivity index (χ3v) is 4.72. The van der Waals surface area contributed by atoms with Crippen LogP contribution in [0.3, 0.4) is 0 Å². The number of carbonyl (C=O) groups excluding carboxylic acids is 1. The van der Waals surface area contributed by atoms with E-state index in [1.807, 2.05) is 31.2 Å². The lowest BCUT2D eigenvalue weighted by molar-refractivity contribution is -0.119. The maximum Gasteiger partial charge on any atom is 0.230 e. The van der Waals surface area contributed by atoms with Gasteiger partial charge < -0.3 is 10.1 Å². The van der Waals surface area contributed by atoms with Gasteiger partial charge in [-0.05, 0) is 42.3 Å². The van der Waals surface area contributed by atoms with Crippen molar-refractivity contribution in [3.05, 3.63) is 64.4 Å². The number of carbonyl (C=O) groups is 1. The van der Waals surface area contributed by atoms with Gasteiger partial charge in [0, 0.05) is 10.8 Å². The van der Waals surface area contributed by atoms with E-state index in [1.54, 1.807) is 19.2 Å². The van der Waals surface area contributed by atoms with Gasteiger partial charge in [0.25, 0.3) is 0 Å². The number of hydrogen-bond acceptors (Lipinski definition) is 3. The molecular formula is C18H19ClFNO2S. The smallest absolute Gasteiger partial charge is 0.230 e. The number of halogens is 2. The van der Waals surface area contributed by atoms with E-state index >= 15 is 0 Å². The van der Waals surface area contributed by atoms with Crippen LogP contribution in [0.25, 0.3) is 0 Å². The molecule has 2 aromatic rings. The summed E-state index contributed by atoms with van der Waals surface area (Å²) >= 11 is 7.08. The molecule has 2 aromatic carbocycles. The summed E-state index contributed by atoms with van der Waals surface area (Å²) in [5.41, 5.74) is 1.54. The van der Waals surface area contributed by atoms with Crippen molar-refractivity contribution in [2.24, 2.45) is 0 Å². The zero-order chi connectivity index (χ0) is 17.5. The summed E-state index contributed by atoms with van der Waals surface area (Å²) in [5, 5.41) is 3.30. The van der Waals surface area contributed by atoms with Crippen LogP contribution < -0.4 is 10.1 Å². The molecule has 0 heterocycles. The average molecular weight is 368 g/mol. The second kappa shape index (κ2) is 8.94. The van der Waals surface area contributed by atoms with Gasteiger partial charge in [-0.1, -0.05) is 29.8 Å². The van der Waals surface area contributed by atoms with Crippen LogP contribution in [-0.2, 0) is 10.5 Å². The zero-order valence-corrected chi connectivity index (χ0v) is 15.1. The lowest BCUT2D eigenvalue weighted by atomic mass is 10.1. The standard InChI is InChI=1S/C18H19ClFNO2S/c1-12(13-4-7-16(23-2)8-5-13)21-18(22)11-24-10-14-3-6-15(19)9-17(14)20/h3-9,12H,10-11H2,1-2H3,(H,21,22)/t12-/m0/s1. The first kappa shape index (κ1) is 18.6. The van der Waals surface area contributed by atoms with E-state index in [-0.39, 0.29) is 23.5 Å². The highest BCUT2D eigenvalue weighted by Gasteiger charge is 2.10. The summed E-state index contributed by atoms with van der Waals surface area (Å²) in [7, 11) is 1.61. The van der Waals surface area contributed by atoms with Crippen LogP contribution in [0.1, 0.15) is 24.1 Å². The number of amides is 1. The fraction of sp³-hybridized carbons (Fsp3) is 0.278. The minimum absolute atomic E-state index is 0.0855. The van der Waals surface area contributed by atoms with Crippen molar-refractivity contribution >= 4 is 29.3 Å². The summed E-state index contributed by atoms with van der Waals surface area (Å²) in [6, 6.07) is 12.0. The molecule has 0 unspecified atom stereocenters. The third-order valence-electron chi connectivity index (χ3n) is 3.50. The average Bonchev–Trinajstić information content (AvgIpc) is 2.57. The summed E-state index contributed by atoms with van der Waals surface area (Å²) in [6.07, 6.45) is 0. The number of hydrogen-bond donors (Lipinski definition) is 1. The minimum atomic E-state index is -0.345. The highest BCUT2D eigenvalue weighted by Crippen LogP contribution is 2.20. The SMILES string of the molecule is COc1ccc([C@H](C)NC(=O)CSCc2ccc(Cl)cc2F)cc1. The normalized spacial score (nSPS) is 11.8. The van der Waals surface area contributed by atoms with Gasteiger partial charge in [-0.2, -0.15) is 0 Å². The van der Waals surface area contributed by atoms with E-state index in [0.29, 0.717) is 16.3 Å². The van der Waals surface area contributed by atoms with Gasteiger partial charge in [-0.15, -0.1) is 11.8 Å². The highest BCUT2D eigenvalue weighted by molar-refractivity contribution is 7.99. The molecule has 0 aliphatic heterocycles. The van der Waals surface area contributed by atoms with Crippen molar-refractivity contribution in [2.75, 3.05) is 12.9 Å². The van der Waals surface area contributed by atoms with Gasteiger partial charge in [0.2, 0.25) is 5.91 Å². The lowest BCUT2D eigenvalue weighted by Gasteiger charge is -2.14. The van der Waals surface area contributed by atoms with Crippen molar-refractivity contribution in [2.45, 2.75) is 18.7 Å². The fourth-order valence-corrected chi connectivity index (χ4v) is 3.14. The van der Waals surface area contributed by atoms with Crippen LogP contribution in [0.15, 0.2) is 42.5 Å². The summed E-state index contributed by atoms with van der Waals surface area (Å²) in [6.45, 7) is 1.92. The van der Waals surface area contributed by atoms with Crippen molar-refractivity contribution in [3.63, 3.8) is 0 Å². The Morgan fingerprint density at radius 2 is 2.00 bits per heavy atom. The Bertz CT molecular complexity index is 694. The van der Waals surface area contributed by atoms with Crippen molar-refractivity contribution in [3.8, 4) is 5.75 Å². The molecule has 0 aliphatic carbocycles. The number of thioether (sulfide) groups is 1. The number of methoxy groups -OCH3 is 1. The maximum atomic E-state index is 13.7. The summed E-state index contributed by atoms with van der Waals surface area (Å²) in [5.74, 6) is 1.04. The van der Waals surface area contributed by atoms with Gasteiger partial charge in [0.05, 0.1) is 18.9 Å². The first-order chi connectivity index (χ1) is 11.5. The molecule has 1 amide bonds. The molecule has 0 saturated heterocycles. The van der Waals surface area contributed by atoms with Gasteiger partial charge in [0.1, 0.15) is 11.6 Å². The molecule has 1 atom stereocenters. The van der Waals surface area contributed by atoms with Crippen LogP contribution in [-0.4, -0.2) is 18.8 Å². The topological polar surface area (TPSA) is 38.3 Å². The first-order valence-corrected chi connectivity index (χ1v) is 8.98. The van der Waals surface area contributed by atoms with Crippen LogP contribution in [0.5, 0.6) is 5.75 Å². The molecule has 24 heavy (non-hydrogen) atoms. The summed E-state index contributed by atoms with van der Waals surface area (Å²) < 4.78 is 18.8. The molecule has 0 spiro atoms. The molecule has 128 valence electrons. The Labute approximate surface area is 150 Å². The molecule has 0 aromatic heterocycles. The van der Waals surface area contributed by atoms with Crippen molar-refractivity contribution < 1.29 is 13.9 Å². The molecule has 0 fully saturated rings. The van der Waals surface area contributed by atoms with Gasteiger partial charge in [0.15, 0.2) is 0 Å². The Balaban J connectivity index is 1.79. The second-order valence-electron chi connectivity index (χ2n) is 5.29. The largest absolute Gasteiger partial charge is 0.497 e. The molecule has 1 N–H and O–H groups in total. The first-order valence-electron chi connectivity index (χ1n) is 7.44. The molecule has 6 heteroatoms. The van der Waals surface area contributed by atoms with E-state index in [1.165, 1.54) is 17.8 Å². The highest BCUT2D eigenvalue weighted by atomic mass is 35.5. The van der Waals surface area contributed by atoms with E-state index < -0.39 is 0 Å². The van der Waals surface area contributed by atoms with Crippen LogP contribution in [0, 0.1) is 5.82 Å². The van der Waals surface area contributed by atoms with E-state index in [9.17, 15) is 9.18 Å². The number of ether oxygens (including phenoxy) is 1. The van der Waals surface area contributed by atoms with Crippen LogP contribution >= 0.6 is 23.4 Å². The van der Waals surface area contributed by atoms with E-state index in [0.717, 1.165) is 11.3 Å². The third kappa shape index (κ3) is 5.42. The minimum Gasteiger partial charge on any atom is -0.497 e. The van der Waals surface area contributed by atoms with Gasteiger partial charge in [-0.25, -0.2) is 4.39 Å². The summed E-state index contributed by atoms with van der Waals surface area (Å²) in [4.78, 5) is 12.0. The predicted molar refractivity (Wildman–Crippen MR) is 97.1 cm³/mol. The molecule has 2 rings (SSSR count).